The second kappa shape index (κ2) is 6.68. The fourth-order valence-electron chi connectivity index (χ4n) is 2.30. The number of hydrogen-bond acceptors (Lipinski definition) is 4. The molecule has 0 aliphatic rings. The third-order valence-electron chi connectivity index (χ3n) is 3.51. The van der Waals surface area contributed by atoms with Gasteiger partial charge in [0.2, 0.25) is 5.91 Å². The highest BCUT2D eigenvalue weighted by Gasteiger charge is 2.16. The van der Waals surface area contributed by atoms with Gasteiger partial charge in [-0.05, 0) is 42.8 Å². The van der Waals surface area contributed by atoms with Crippen molar-refractivity contribution in [1.29, 1.82) is 0 Å². The lowest BCUT2D eigenvalue weighted by molar-refractivity contribution is -0.117. The van der Waals surface area contributed by atoms with Crippen molar-refractivity contribution in [2.45, 2.75) is 13.3 Å². The molecule has 2 heterocycles. The molecule has 0 N–H and O–H groups in total. The van der Waals surface area contributed by atoms with Gasteiger partial charge in [-0.3, -0.25) is 4.79 Å². The maximum atomic E-state index is 12.5. The fourth-order valence-corrected chi connectivity index (χ4v) is 3.57. The molecule has 3 rings (SSSR count). The van der Waals surface area contributed by atoms with Crippen molar-refractivity contribution in [3.05, 3.63) is 57.7 Å². The van der Waals surface area contributed by atoms with Crippen LogP contribution in [-0.2, 0) is 11.2 Å². The quantitative estimate of drug-likeness (QED) is 0.649. The molecular formula is C17H15BrN2O2S. The number of benzene rings is 1. The Morgan fingerprint density at radius 3 is 2.91 bits per heavy atom. The molecule has 0 radical (unpaired) electrons. The summed E-state index contributed by atoms with van der Waals surface area (Å²) in [5.74, 6) is 0.734. The van der Waals surface area contributed by atoms with E-state index in [9.17, 15) is 4.79 Å². The van der Waals surface area contributed by atoms with Crippen LogP contribution in [0.3, 0.4) is 0 Å². The minimum Gasteiger partial charge on any atom is -0.462 e. The Morgan fingerprint density at radius 1 is 1.39 bits per heavy atom. The first kappa shape index (κ1) is 16.0. The number of furan rings is 1. The van der Waals surface area contributed by atoms with Crippen molar-refractivity contribution in [2.24, 2.45) is 0 Å². The highest BCUT2D eigenvalue weighted by atomic mass is 79.9. The maximum Gasteiger partial charge on any atom is 0.232 e. The summed E-state index contributed by atoms with van der Waals surface area (Å²) in [6.07, 6.45) is 1.88. The predicted molar refractivity (Wildman–Crippen MR) is 95.8 cm³/mol. The van der Waals surface area contributed by atoms with E-state index in [0.29, 0.717) is 0 Å². The molecular weight excluding hydrogens is 376 g/mol. The normalized spacial score (nSPS) is 10.7. The lowest BCUT2D eigenvalue weighted by Gasteiger charge is -2.19. The number of carbonyl (C=O) groups is 1. The third kappa shape index (κ3) is 3.54. The van der Waals surface area contributed by atoms with Crippen LogP contribution in [0.15, 0.2) is 50.9 Å². The van der Waals surface area contributed by atoms with Crippen molar-refractivity contribution in [3.8, 4) is 10.8 Å². The van der Waals surface area contributed by atoms with Gasteiger partial charge in [-0.2, -0.15) is 0 Å². The highest BCUT2D eigenvalue weighted by Crippen LogP contribution is 2.26. The standard InChI is InChI=1S/C17H15BrN2O2S/c1-11-8-12(18)5-6-14(11)20(2)16(21)9-13-10-23-17(19-13)15-4-3-7-22-15/h3-8,10H,9H2,1-2H3. The Kier molecular flexibility index (Phi) is 4.63. The Labute approximate surface area is 146 Å². The van der Waals surface area contributed by atoms with Crippen molar-refractivity contribution in [1.82, 2.24) is 4.98 Å². The van der Waals surface area contributed by atoms with Crippen LogP contribution in [0, 0.1) is 6.92 Å². The molecule has 118 valence electrons. The van der Waals surface area contributed by atoms with Crippen molar-refractivity contribution in [3.63, 3.8) is 0 Å². The highest BCUT2D eigenvalue weighted by molar-refractivity contribution is 9.10. The summed E-state index contributed by atoms with van der Waals surface area (Å²) in [5.41, 5.74) is 2.71. The molecule has 0 aliphatic heterocycles. The first-order chi connectivity index (χ1) is 11.0. The van der Waals surface area contributed by atoms with E-state index in [1.54, 1.807) is 18.2 Å². The van der Waals surface area contributed by atoms with Crippen LogP contribution in [0.5, 0.6) is 0 Å². The Hall–Kier alpha value is -1.92. The molecule has 0 spiro atoms. The van der Waals surface area contributed by atoms with Crippen LogP contribution in [0.2, 0.25) is 0 Å². The van der Waals surface area contributed by atoms with E-state index in [4.69, 9.17) is 4.42 Å². The summed E-state index contributed by atoms with van der Waals surface area (Å²) in [6, 6.07) is 9.56. The Morgan fingerprint density at radius 2 is 2.22 bits per heavy atom. The molecule has 0 unspecified atom stereocenters. The second-order valence-electron chi connectivity index (χ2n) is 5.18. The minimum atomic E-state index is 0.00622. The number of hydrogen-bond donors (Lipinski definition) is 0. The van der Waals surface area contributed by atoms with E-state index in [1.807, 2.05) is 42.6 Å². The molecule has 0 aliphatic carbocycles. The van der Waals surface area contributed by atoms with Crippen molar-refractivity contribution >= 4 is 38.9 Å². The average molecular weight is 391 g/mol. The Balaban J connectivity index is 1.74. The summed E-state index contributed by atoms with van der Waals surface area (Å²) in [5, 5.41) is 2.69. The number of amides is 1. The lowest BCUT2D eigenvalue weighted by atomic mass is 10.1. The summed E-state index contributed by atoms with van der Waals surface area (Å²) >= 11 is 4.92. The van der Waals surface area contributed by atoms with Gasteiger partial charge in [0, 0.05) is 22.6 Å². The van der Waals surface area contributed by atoms with Gasteiger partial charge in [-0.1, -0.05) is 15.9 Å². The van der Waals surface area contributed by atoms with Crippen molar-refractivity contribution < 1.29 is 9.21 Å². The van der Waals surface area contributed by atoms with Gasteiger partial charge in [0.1, 0.15) is 0 Å². The zero-order chi connectivity index (χ0) is 16.4. The zero-order valence-electron chi connectivity index (χ0n) is 12.7. The number of likely N-dealkylation sites (N-methyl/N-ethyl adjacent to an activating group) is 1. The molecule has 3 aromatic rings. The number of anilines is 1. The largest absolute Gasteiger partial charge is 0.462 e. The Bertz CT molecular complexity index is 827. The molecule has 0 fully saturated rings. The molecule has 1 aromatic carbocycles. The number of carbonyl (C=O) groups excluding carboxylic acids is 1. The zero-order valence-corrected chi connectivity index (χ0v) is 15.1. The van der Waals surface area contributed by atoms with Gasteiger partial charge in [0.25, 0.3) is 0 Å². The van der Waals surface area contributed by atoms with Gasteiger partial charge in [0.15, 0.2) is 10.8 Å². The molecule has 0 bridgehead atoms. The SMILES string of the molecule is Cc1cc(Br)ccc1N(C)C(=O)Cc1csc(-c2ccco2)n1. The molecule has 23 heavy (non-hydrogen) atoms. The summed E-state index contributed by atoms with van der Waals surface area (Å²) in [7, 11) is 1.79. The van der Waals surface area contributed by atoms with Crippen molar-refractivity contribution in [2.75, 3.05) is 11.9 Å². The fraction of sp³-hybridized carbons (Fsp3) is 0.176. The van der Waals surface area contributed by atoms with Crippen LogP contribution in [0.4, 0.5) is 5.69 Å². The minimum absolute atomic E-state index is 0.00622. The number of aromatic nitrogens is 1. The smallest absolute Gasteiger partial charge is 0.232 e. The molecule has 0 saturated heterocycles. The van der Waals surface area contributed by atoms with Crippen LogP contribution in [-0.4, -0.2) is 17.9 Å². The van der Waals surface area contributed by atoms with Gasteiger partial charge in [-0.15, -0.1) is 11.3 Å². The third-order valence-corrected chi connectivity index (χ3v) is 4.91. The monoisotopic (exact) mass is 390 g/mol. The lowest BCUT2D eigenvalue weighted by Crippen LogP contribution is -2.28. The van der Waals surface area contributed by atoms with E-state index in [2.05, 4.69) is 20.9 Å². The number of rotatable bonds is 4. The van der Waals surface area contributed by atoms with E-state index >= 15 is 0 Å². The average Bonchev–Trinajstić information content (AvgIpc) is 3.17. The predicted octanol–water partition coefficient (Wildman–Crippen LogP) is 4.68. The number of aryl methyl sites for hydroxylation is 1. The van der Waals surface area contributed by atoms with Gasteiger partial charge in [-0.25, -0.2) is 4.98 Å². The topological polar surface area (TPSA) is 46.3 Å². The summed E-state index contributed by atoms with van der Waals surface area (Å²) < 4.78 is 6.33. The molecule has 6 heteroatoms. The molecule has 2 aromatic heterocycles. The molecule has 0 saturated carbocycles. The van der Waals surface area contributed by atoms with Crippen LogP contribution >= 0.6 is 27.3 Å². The van der Waals surface area contributed by atoms with E-state index < -0.39 is 0 Å². The van der Waals surface area contributed by atoms with Gasteiger partial charge >= 0.3 is 0 Å². The van der Waals surface area contributed by atoms with E-state index in [0.717, 1.165) is 32.2 Å². The van der Waals surface area contributed by atoms with Crippen LogP contribution in [0.25, 0.3) is 10.8 Å². The van der Waals surface area contributed by atoms with Crippen LogP contribution < -0.4 is 4.90 Å². The van der Waals surface area contributed by atoms with Gasteiger partial charge in [0.05, 0.1) is 18.4 Å². The summed E-state index contributed by atoms with van der Waals surface area (Å²) in [4.78, 5) is 18.7. The van der Waals surface area contributed by atoms with E-state index in [-0.39, 0.29) is 12.3 Å². The van der Waals surface area contributed by atoms with Gasteiger partial charge < -0.3 is 9.32 Å². The van der Waals surface area contributed by atoms with E-state index in [1.165, 1.54) is 11.3 Å². The van der Waals surface area contributed by atoms with Crippen LogP contribution in [0.1, 0.15) is 11.3 Å². The number of halogens is 1. The second-order valence-corrected chi connectivity index (χ2v) is 6.96. The number of nitrogens with zero attached hydrogens (tertiary/aromatic N) is 2. The summed E-state index contributed by atoms with van der Waals surface area (Å²) in [6.45, 7) is 1.99. The first-order valence-electron chi connectivity index (χ1n) is 7.05. The molecule has 1 amide bonds. The molecule has 0 atom stereocenters. The number of thiazole rings is 1. The maximum absolute atomic E-state index is 12.5. The first-order valence-corrected chi connectivity index (χ1v) is 8.73. The molecule has 4 nitrogen and oxygen atoms in total.